The Kier molecular flexibility index (Phi) is 2.52. The number of carboxylic acids is 1. The fourth-order valence-electron chi connectivity index (χ4n) is 1.57. The molecule has 1 N–H and O–H groups in total. The lowest BCUT2D eigenvalue weighted by atomic mass is 10.1. The Morgan fingerprint density at radius 2 is 2.19 bits per heavy atom. The third-order valence-corrected chi connectivity index (χ3v) is 2.17. The number of halogens is 1. The van der Waals surface area contributed by atoms with E-state index in [0.717, 1.165) is 0 Å². The molecular weight excluding hydrogens is 211 g/mol. The molecule has 0 unspecified atom stereocenters. The van der Waals surface area contributed by atoms with Crippen LogP contribution in [-0.4, -0.2) is 21.0 Å². The van der Waals surface area contributed by atoms with Gasteiger partial charge in [-0.3, -0.25) is 4.79 Å². The minimum absolute atomic E-state index is 0.189. The summed E-state index contributed by atoms with van der Waals surface area (Å²) in [6.45, 7) is 1.65. The van der Waals surface area contributed by atoms with Gasteiger partial charge in [0.25, 0.3) is 0 Å². The second-order valence-electron chi connectivity index (χ2n) is 3.45. The van der Waals surface area contributed by atoms with Crippen molar-refractivity contribution in [3.63, 3.8) is 0 Å². The first kappa shape index (κ1) is 10.5. The lowest BCUT2D eigenvalue weighted by molar-refractivity contribution is -0.136. The molecule has 0 aliphatic carbocycles. The third kappa shape index (κ3) is 1.98. The number of fused-ring (bicyclic) bond motifs is 1. The fraction of sp³-hybridized carbons (Fsp3) is 0.182. The summed E-state index contributed by atoms with van der Waals surface area (Å²) < 4.78 is 13.0. The number of aromatic nitrogens is 2. The van der Waals surface area contributed by atoms with Crippen LogP contribution in [0.3, 0.4) is 0 Å². The van der Waals surface area contributed by atoms with E-state index >= 15 is 0 Å². The Morgan fingerprint density at radius 1 is 1.44 bits per heavy atom. The summed E-state index contributed by atoms with van der Waals surface area (Å²) >= 11 is 0. The van der Waals surface area contributed by atoms with Crippen LogP contribution >= 0.6 is 0 Å². The summed E-state index contributed by atoms with van der Waals surface area (Å²) in [6.07, 6.45) is -0.189. The van der Waals surface area contributed by atoms with E-state index in [0.29, 0.717) is 22.4 Å². The molecule has 2 rings (SSSR count). The van der Waals surface area contributed by atoms with Crippen molar-refractivity contribution in [2.75, 3.05) is 0 Å². The number of carboxylic acid groups (broad SMARTS) is 1. The van der Waals surface area contributed by atoms with Crippen molar-refractivity contribution >= 4 is 16.9 Å². The molecule has 4 nitrogen and oxygen atoms in total. The highest BCUT2D eigenvalue weighted by atomic mass is 19.1. The number of benzene rings is 1. The number of nitrogens with zero attached hydrogens (tertiary/aromatic N) is 2. The van der Waals surface area contributed by atoms with Crippen molar-refractivity contribution in [3.8, 4) is 0 Å². The zero-order valence-corrected chi connectivity index (χ0v) is 8.57. The van der Waals surface area contributed by atoms with Gasteiger partial charge < -0.3 is 5.11 Å². The van der Waals surface area contributed by atoms with Gasteiger partial charge in [0, 0.05) is 11.5 Å². The average Bonchev–Trinajstić information content (AvgIpc) is 2.15. The molecule has 0 spiro atoms. The Bertz CT molecular complexity index is 564. The number of aliphatic carboxylic acids is 1. The molecule has 0 bridgehead atoms. The molecule has 82 valence electrons. The topological polar surface area (TPSA) is 63.1 Å². The normalized spacial score (nSPS) is 10.6. The monoisotopic (exact) mass is 220 g/mol. The van der Waals surface area contributed by atoms with Crippen molar-refractivity contribution in [1.82, 2.24) is 9.97 Å². The van der Waals surface area contributed by atoms with Crippen molar-refractivity contribution in [3.05, 3.63) is 35.5 Å². The SMILES string of the molecule is Cc1nc(CC(=O)O)c2ccc(F)cc2n1. The smallest absolute Gasteiger partial charge is 0.309 e. The van der Waals surface area contributed by atoms with Crippen molar-refractivity contribution in [2.45, 2.75) is 13.3 Å². The van der Waals surface area contributed by atoms with E-state index in [4.69, 9.17) is 5.11 Å². The Hall–Kier alpha value is -2.04. The van der Waals surface area contributed by atoms with Crippen LogP contribution in [0, 0.1) is 12.7 Å². The first-order valence-corrected chi connectivity index (χ1v) is 4.71. The fourth-order valence-corrected chi connectivity index (χ4v) is 1.57. The molecule has 0 saturated heterocycles. The molecule has 1 heterocycles. The Morgan fingerprint density at radius 3 is 2.88 bits per heavy atom. The van der Waals surface area contributed by atoms with Gasteiger partial charge in [-0.15, -0.1) is 0 Å². The lowest BCUT2D eigenvalue weighted by Crippen LogP contribution is -2.05. The van der Waals surface area contributed by atoms with Crippen molar-refractivity contribution in [2.24, 2.45) is 0 Å². The zero-order valence-electron chi connectivity index (χ0n) is 8.57. The number of hydrogen-bond acceptors (Lipinski definition) is 3. The molecule has 0 atom stereocenters. The van der Waals surface area contributed by atoms with E-state index in [1.165, 1.54) is 18.2 Å². The highest BCUT2D eigenvalue weighted by Gasteiger charge is 2.09. The molecule has 0 aliphatic rings. The van der Waals surface area contributed by atoms with Gasteiger partial charge in [-0.1, -0.05) is 0 Å². The average molecular weight is 220 g/mol. The van der Waals surface area contributed by atoms with E-state index in [-0.39, 0.29) is 6.42 Å². The third-order valence-electron chi connectivity index (χ3n) is 2.17. The molecule has 16 heavy (non-hydrogen) atoms. The summed E-state index contributed by atoms with van der Waals surface area (Å²) in [5, 5.41) is 9.32. The number of hydrogen-bond donors (Lipinski definition) is 1. The molecule has 5 heteroatoms. The Labute approximate surface area is 90.8 Å². The quantitative estimate of drug-likeness (QED) is 0.836. The summed E-state index contributed by atoms with van der Waals surface area (Å²) in [7, 11) is 0. The lowest BCUT2D eigenvalue weighted by Gasteiger charge is -2.04. The molecule has 0 saturated carbocycles. The highest BCUT2D eigenvalue weighted by molar-refractivity contribution is 5.84. The molecule has 1 aromatic carbocycles. The van der Waals surface area contributed by atoms with Crippen LogP contribution in [0.2, 0.25) is 0 Å². The zero-order chi connectivity index (χ0) is 11.7. The molecule has 0 radical (unpaired) electrons. The van der Waals surface area contributed by atoms with E-state index in [1.54, 1.807) is 6.92 Å². The van der Waals surface area contributed by atoms with Crippen LogP contribution in [0.25, 0.3) is 10.9 Å². The van der Waals surface area contributed by atoms with Gasteiger partial charge in [0.2, 0.25) is 0 Å². The van der Waals surface area contributed by atoms with Crippen molar-refractivity contribution in [1.29, 1.82) is 0 Å². The molecule has 0 aliphatic heterocycles. The van der Waals surface area contributed by atoms with Crippen molar-refractivity contribution < 1.29 is 14.3 Å². The van der Waals surface area contributed by atoms with Gasteiger partial charge in [-0.25, -0.2) is 14.4 Å². The van der Waals surface area contributed by atoms with Crippen LogP contribution in [0.4, 0.5) is 4.39 Å². The summed E-state index contributed by atoms with van der Waals surface area (Å²) in [5.74, 6) is -0.926. The molecule has 0 amide bonds. The Balaban J connectivity index is 2.67. The standard InChI is InChI=1S/C11H9FN2O2/c1-6-13-9-4-7(12)2-3-8(9)10(14-6)5-11(15)16/h2-4H,5H2,1H3,(H,15,16). The van der Waals surface area contributed by atoms with Gasteiger partial charge in [0.1, 0.15) is 11.6 Å². The predicted molar refractivity (Wildman–Crippen MR) is 55.6 cm³/mol. The van der Waals surface area contributed by atoms with Crippen LogP contribution in [0.5, 0.6) is 0 Å². The highest BCUT2D eigenvalue weighted by Crippen LogP contribution is 2.17. The first-order chi connectivity index (χ1) is 7.56. The molecule has 2 aromatic rings. The van der Waals surface area contributed by atoms with E-state index in [1.807, 2.05) is 0 Å². The summed E-state index contributed by atoms with van der Waals surface area (Å²) in [6, 6.07) is 4.05. The largest absolute Gasteiger partial charge is 0.481 e. The second kappa shape index (κ2) is 3.84. The number of rotatable bonds is 2. The van der Waals surface area contributed by atoms with Crippen LogP contribution in [-0.2, 0) is 11.2 Å². The number of carbonyl (C=O) groups is 1. The summed E-state index contributed by atoms with van der Waals surface area (Å²) in [5.41, 5.74) is 0.846. The van der Waals surface area contributed by atoms with E-state index in [2.05, 4.69) is 9.97 Å². The maximum absolute atomic E-state index is 13.0. The minimum atomic E-state index is -0.969. The van der Waals surface area contributed by atoms with Crippen LogP contribution < -0.4 is 0 Å². The predicted octanol–water partition coefficient (Wildman–Crippen LogP) is 1.70. The maximum Gasteiger partial charge on any atom is 0.309 e. The molecule has 0 fully saturated rings. The van der Waals surface area contributed by atoms with Gasteiger partial charge in [0.15, 0.2) is 0 Å². The van der Waals surface area contributed by atoms with Crippen LogP contribution in [0.15, 0.2) is 18.2 Å². The van der Waals surface area contributed by atoms with Crippen LogP contribution in [0.1, 0.15) is 11.5 Å². The minimum Gasteiger partial charge on any atom is -0.481 e. The van der Waals surface area contributed by atoms with Gasteiger partial charge in [-0.2, -0.15) is 0 Å². The molecular formula is C11H9FN2O2. The van der Waals surface area contributed by atoms with Gasteiger partial charge in [-0.05, 0) is 19.1 Å². The van der Waals surface area contributed by atoms with E-state index < -0.39 is 11.8 Å². The molecule has 1 aromatic heterocycles. The first-order valence-electron chi connectivity index (χ1n) is 4.71. The summed E-state index contributed by atoms with van der Waals surface area (Å²) in [4.78, 5) is 18.8. The number of aryl methyl sites for hydroxylation is 1. The van der Waals surface area contributed by atoms with E-state index in [9.17, 15) is 9.18 Å². The van der Waals surface area contributed by atoms with Gasteiger partial charge >= 0.3 is 5.97 Å². The van der Waals surface area contributed by atoms with Gasteiger partial charge in [0.05, 0.1) is 17.6 Å². The second-order valence-corrected chi connectivity index (χ2v) is 3.45. The maximum atomic E-state index is 13.0.